The Morgan fingerprint density at radius 3 is 2.80 bits per heavy atom. The van der Waals surface area contributed by atoms with E-state index in [1.54, 1.807) is 12.0 Å². The van der Waals surface area contributed by atoms with Crippen LogP contribution in [0.1, 0.15) is 0 Å². The van der Waals surface area contributed by atoms with Gasteiger partial charge in [0.2, 0.25) is 0 Å². The number of nitrogens with zero attached hydrogens (tertiary/aromatic N) is 1. The van der Waals surface area contributed by atoms with Crippen LogP contribution in [0.5, 0.6) is 11.5 Å². The molecule has 0 unspecified atom stereocenters. The molecular weight excluding hydrogens is 322 g/mol. The Morgan fingerprint density at radius 1 is 1.20 bits per heavy atom. The lowest BCUT2D eigenvalue weighted by molar-refractivity contribution is -0.120. The van der Waals surface area contributed by atoms with Gasteiger partial charge in [-0.1, -0.05) is 28.1 Å². The number of rotatable bonds is 2. The summed E-state index contributed by atoms with van der Waals surface area (Å²) in [6.07, 6.45) is 0. The van der Waals surface area contributed by atoms with Crippen molar-refractivity contribution in [2.75, 3.05) is 18.6 Å². The van der Waals surface area contributed by atoms with Crippen LogP contribution in [0.15, 0.2) is 46.9 Å². The second-order valence-corrected chi connectivity index (χ2v) is 5.22. The van der Waals surface area contributed by atoms with E-state index in [9.17, 15) is 4.79 Å². The third-order valence-corrected chi connectivity index (χ3v) is 3.58. The predicted octanol–water partition coefficient (Wildman–Crippen LogP) is 3.51. The number of ether oxygens (including phenoxy) is 2. The van der Waals surface area contributed by atoms with Crippen LogP contribution >= 0.6 is 15.9 Å². The van der Waals surface area contributed by atoms with Crippen molar-refractivity contribution < 1.29 is 14.3 Å². The van der Waals surface area contributed by atoms with Crippen LogP contribution in [-0.2, 0) is 4.79 Å². The number of halogens is 1. The molecule has 0 aliphatic carbocycles. The van der Waals surface area contributed by atoms with Crippen molar-refractivity contribution in [3.05, 3.63) is 46.9 Å². The summed E-state index contributed by atoms with van der Waals surface area (Å²) in [5.74, 6) is 1.20. The van der Waals surface area contributed by atoms with E-state index in [1.165, 1.54) is 0 Å². The van der Waals surface area contributed by atoms with Crippen LogP contribution in [0.3, 0.4) is 0 Å². The summed E-state index contributed by atoms with van der Waals surface area (Å²) in [5.41, 5.74) is 1.42. The van der Waals surface area contributed by atoms with Gasteiger partial charge in [0.05, 0.1) is 18.5 Å². The van der Waals surface area contributed by atoms with E-state index in [1.807, 2.05) is 42.5 Å². The minimum absolute atomic E-state index is 0.0205. The molecule has 2 aromatic carbocycles. The molecular formula is C15H12BrNO3. The number of amides is 1. The molecule has 0 N–H and O–H groups in total. The summed E-state index contributed by atoms with van der Waals surface area (Å²) in [6, 6.07) is 13.0. The molecule has 1 amide bonds. The summed E-state index contributed by atoms with van der Waals surface area (Å²) in [7, 11) is 1.59. The maximum absolute atomic E-state index is 12.3. The normalized spacial score (nSPS) is 13.7. The first kappa shape index (κ1) is 13.0. The van der Waals surface area contributed by atoms with Gasteiger partial charge < -0.3 is 9.47 Å². The highest BCUT2D eigenvalue weighted by atomic mass is 79.9. The molecule has 0 aromatic heterocycles. The molecule has 102 valence electrons. The maximum atomic E-state index is 12.3. The minimum Gasteiger partial charge on any atom is -0.495 e. The molecule has 0 saturated carbocycles. The second-order valence-electron chi connectivity index (χ2n) is 4.30. The Labute approximate surface area is 125 Å². The summed E-state index contributed by atoms with van der Waals surface area (Å²) in [4.78, 5) is 13.9. The van der Waals surface area contributed by atoms with Gasteiger partial charge in [0, 0.05) is 4.47 Å². The van der Waals surface area contributed by atoms with Crippen LogP contribution in [0.4, 0.5) is 11.4 Å². The summed E-state index contributed by atoms with van der Waals surface area (Å²) in [5, 5.41) is 0. The lowest BCUT2D eigenvalue weighted by Gasteiger charge is -2.30. The van der Waals surface area contributed by atoms with Crippen LogP contribution in [0, 0.1) is 0 Å². The number of para-hydroxylation sites is 2. The zero-order valence-corrected chi connectivity index (χ0v) is 12.4. The first-order valence-electron chi connectivity index (χ1n) is 6.09. The topological polar surface area (TPSA) is 38.8 Å². The minimum atomic E-state index is -0.125. The van der Waals surface area contributed by atoms with Gasteiger partial charge in [-0.3, -0.25) is 9.69 Å². The van der Waals surface area contributed by atoms with Gasteiger partial charge in [0.15, 0.2) is 6.61 Å². The van der Waals surface area contributed by atoms with E-state index in [2.05, 4.69) is 15.9 Å². The average Bonchev–Trinajstić information content (AvgIpc) is 2.47. The quantitative estimate of drug-likeness (QED) is 0.844. The maximum Gasteiger partial charge on any atom is 0.269 e. The Kier molecular flexibility index (Phi) is 3.36. The standard InChI is InChI=1S/C15H12BrNO3/c1-19-13-5-3-2-4-11(13)17-12-8-10(16)6-7-14(12)20-9-15(17)18/h2-8H,9H2,1H3. The molecule has 5 heteroatoms. The molecule has 0 spiro atoms. The number of carbonyl (C=O) groups excluding carboxylic acids is 1. The van der Waals surface area contributed by atoms with Crippen molar-refractivity contribution in [3.8, 4) is 11.5 Å². The summed E-state index contributed by atoms with van der Waals surface area (Å²) in [6.45, 7) is 0.0205. The highest BCUT2D eigenvalue weighted by Gasteiger charge is 2.28. The van der Waals surface area contributed by atoms with Crippen molar-refractivity contribution in [3.63, 3.8) is 0 Å². The molecule has 1 heterocycles. The Bertz CT molecular complexity index is 672. The van der Waals surface area contributed by atoms with Crippen LogP contribution < -0.4 is 14.4 Å². The van der Waals surface area contributed by atoms with Crippen molar-refractivity contribution in [1.82, 2.24) is 0 Å². The fourth-order valence-corrected chi connectivity index (χ4v) is 2.55. The van der Waals surface area contributed by atoms with E-state index in [0.717, 1.165) is 4.47 Å². The van der Waals surface area contributed by atoms with Crippen LogP contribution in [-0.4, -0.2) is 19.6 Å². The number of fused-ring (bicyclic) bond motifs is 1. The van der Waals surface area contributed by atoms with E-state index >= 15 is 0 Å². The van der Waals surface area contributed by atoms with Crippen molar-refractivity contribution in [1.29, 1.82) is 0 Å². The fourth-order valence-electron chi connectivity index (χ4n) is 2.20. The molecule has 20 heavy (non-hydrogen) atoms. The lowest BCUT2D eigenvalue weighted by atomic mass is 10.2. The van der Waals surface area contributed by atoms with E-state index < -0.39 is 0 Å². The van der Waals surface area contributed by atoms with Gasteiger partial charge in [0.1, 0.15) is 11.5 Å². The molecule has 0 radical (unpaired) electrons. The van der Waals surface area contributed by atoms with Crippen LogP contribution in [0.25, 0.3) is 0 Å². The molecule has 0 bridgehead atoms. The predicted molar refractivity (Wildman–Crippen MR) is 79.8 cm³/mol. The van der Waals surface area contributed by atoms with Gasteiger partial charge in [-0.2, -0.15) is 0 Å². The third kappa shape index (κ3) is 2.14. The number of carbonyl (C=O) groups is 1. The van der Waals surface area contributed by atoms with Crippen molar-refractivity contribution in [2.45, 2.75) is 0 Å². The zero-order chi connectivity index (χ0) is 14.1. The Hall–Kier alpha value is -2.01. The smallest absolute Gasteiger partial charge is 0.269 e. The Balaban J connectivity index is 2.18. The first-order chi connectivity index (χ1) is 9.70. The number of hydrogen-bond acceptors (Lipinski definition) is 3. The van der Waals surface area contributed by atoms with Gasteiger partial charge in [-0.15, -0.1) is 0 Å². The van der Waals surface area contributed by atoms with Gasteiger partial charge >= 0.3 is 0 Å². The fraction of sp³-hybridized carbons (Fsp3) is 0.133. The van der Waals surface area contributed by atoms with E-state index in [4.69, 9.17) is 9.47 Å². The largest absolute Gasteiger partial charge is 0.495 e. The molecule has 2 aromatic rings. The summed E-state index contributed by atoms with van der Waals surface area (Å²) < 4.78 is 11.7. The number of methoxy groups -OCH3 is 1. The monoisotopic (exact) mass is 333 g/mol. The number of hydrogen-bond donors (Lipinski definition) is 0. The number of benzene rings is 2. The lowest BCUT2D eigenvalue weighted by Crippen LogP contribution is -2.35. The first-order valence-corrected chi connectivity index (χ1v) is 6.88. The molecule has 1 aliphatic heterocycles. The van der Waals surface area contributed by atoms with Gasteiger partial charge in [0.25, 0.3) is 5.91 Å². The average molecular weight is 334 g/mol. The molecule has 3 rings (SSSR count). The second kappa shape index (κ2) is 5.17. The molecule has 1 aliphatic rings. The zero-order valence-electron chi connectivity index (χ0n) is 10.8. The third-order valence-electron chi connectivity index (χ3n) is 3.09. The molecule has 0 atom stereocenters. The SMILES string of the molecule is COc1ccccc1N1C(=O)COc2ccc(Br)cc21. The molecule has 0 saturated heterocycles. The van der Waals surface area contributed by atoms with Crippen LogP contribution in [0.2, 0.25) is 0 Å². The number of anilines is 2. The van der Waals surface area contributed by atoms with Crippen molar-refractivity contribution >= 4 is 33.2 Å². The Morgan fingerprint density at radius 2 is 2.00 bits per heavy atom. The molecule has 0 fully saturated rings. The van der Waals surface area contributed by atoms with Gasteiger partial charge in [-0.05, 0) is 30.3 Å². The van der Waals surface area contributed by atoms with E-state index in [0.29, 0.717) is 22.9 Å². The summed E-state index contributed by atoms with van der Waals surface area (Å²) >= 11 is 3.42. The molecule has 4 nitrogen and oxygen atoms in total. The van der Waals surface area contributed by atoms with Crippen molar-refractivity contribution in [2.24, 2.45) is 0 Å². The highest BCUT2D eigenvalue weighted by Crippen LogP contribution is 2.41. The van der Waals surface area contributed by atoms with E-state index in [-0.39, 0.29) is 12.5 Å². The van der Waals surface area contributed by atoms with Gasteiger partial charge in [-0.25, -0.2) is 0 Å². The highest BCUT2D eigenvalue weighted by molar-refractivity contribution is 9.10.